The number of halogens is 1. The molecule has 0 radical (unpaired) electrons. The highest BCUT2D eigenvalue weighted by Gasteiger charge is 2.38. The number of fused-ring (bicyclic) bond motifs is 1. The minimum absolute atomic E-state index is 0.0622. The predicted octanol–water partition coefficient (Wildman–Crippen LogP) is 3.81. The van der Waals surface area contributed by atoms with Crippen molar-refractivity contribution in [3.63, 3.8) is 0 Å². The van der Waals surface area contributed by atoms with Gasteiger partial charge in [0.2, 0.25) is 0 Å². The number of carbonyl (C=O) groups is 1. The van der Waals surface area contributed by atoms with E-state index in [4.69, 9.17) is 17.3 Å². The Balaban J connectivity index is 2.01. The van der Waals surface area contributed by atoms with Crippen molar-refractivity contribution in [2.45, 2.75) is 19.9 Å². The molecule has 5 heteroatoms. The SMILES string of the molecule is CCN(CC)CCN1C(=O)c2ccccc2C1c1cc(Cl)ccc1N. The number of likely N-dealkylation sites (N-methyl/N-ethyl adjacent to an activating group) is 1. The first-order valence-corrected chi connectivity index (χ1v) is 9.11. The molecule has 0 bridgehead atoms. The number of benzene rings is 2. The molecular weight excluding hydrogens is 334 g/mol. The fourth-order valence-electron chi connectivity index (χ4n) is 3.51. The van der Waals surface area contributed by atoms with Crippen molar-refractivity contribution in [3.05, 3.63) is 64.2 Å². The van der Waals surface area contributed by atoms with Gasteiger partial charge in [0.05, 0.1) is 6.04 Å². The Morgan fingerprint density at radius 3 is 2.56 bits per heavy atom. The molecule has 3 rings (SSSR count). The van der Waals surface area contributed by atoms with Gasteiger partial charge in [-0.2, -0.15) is 0 Å². The largest absolute Gasteiger partial charge is 0.398 e. The zero-order chi connectivity index (χ0) is 18.0. The third-order valence-corrected chi connectivity index (χ3v) is 5.19. The average Bonchev–Trinajstić information content (AvgIpc) is 2.90. The summed E-state index contributed by atoms with van der Waals surface area (Å²) in [5.41, 5.74) is 9.55. The molecule has 0 aromatic heterocycles. The fourth-order valence-corrected chi connectivity index (χ4v) is 3.69. The molecule has 25 heavy (non-hydrogen) atoms. The topological polar surface area (TPSA) is 49.6 Å². The Kier molecular flexibility index (Phi) is 5.30. The van der Waals surface area contributed by atoms with Crippen molar-refractivity contribution in [1.29, 1.82) is 0 Å². The lowest BCUT2D eigenvalue weighted by molar-refractivity contribution is 0.0730. The normalized spacial score (nSPS) is 16.6. The highest BCUT2D eigenvalue weighted by atomic mass is 35.5. The highest BCUT2D eigenvalue weighted by Crippen LogP contribution is 2.41. The maximum absolute atomic E-state index is 13.0. The van der Waals surface area contributed by atoms with Crippen LogP contribution in [0, 0.1) is 0 Å². The molecule has 2 aromatic carbocycles. The van der Waals surface area contributed by atoms with Crippen LogP contribution in [0.3, 0.4) is 0 Å². The molecule has 0 spiro atoms. The maximum atomic E-state index is 13.0. The number of hydrogen-bond acceptors (Lipinski definition) is 3. The molecule has 2 aromatic rings. The molecule has 1 amide bonds. The lowest BCUT2D eigenvalue weighted by Crippen LogP contribution is -2.37. The fraction of sp³-hybridized carbons (Fsp3) is 0.350. The summed E-state index contributed by atoms with van der Waals surface area (Å²) in [5, 5.41) is 0.629. The maximum Gasteiger partial charge on any atom is 0.255 e. The van der Waals surface area contributed by atoms with Gasteiger partial charge in [0, 0.05) is 34.9 Å². The smallest absolute Gasteiger partial charge is 0.255 e. The zero-order valence-corrected chi connectivity index (χ0v) is 15.5. The minimum atomic E-state index is -0.182. The molecule has 0 fully saturated rings. The third-order valence-electron chi connectivity index (χ3n) is 4.95. The number of rotatable bonds is 6. The molecule has 0 saturated carbocycles. The summed E-state index contributed by atoms with van der Waals surface area (Å²) in [5.74, 6) is 0.0622. The zero-order valence-electron chi connectivity index (χ0n) is 14.7. The summed E-state index contributed by atoms with van der Waals surface area (Å²) in [6.45, 7) is 7.70. The minimum Gasteiger partial charge on any atom is -0.398 e. The molecule has 1 atom stereocenters. The van der Waals surface area contributed by atoms with Gasteiger partial charge in [-0.25, -0.2) is 0 Å². The number of nitrogens with two attached hydrogens (primary N) is 1. The summed E-state index contributed by atoms with van der Waals surface area (Å²) >= 11 is 6.21. The summed E-state index contributed by atoms with van der Waals surface area (Å²) in [7, 11) is 0. The van der Waals surface area contributed by atoms with Gasteiger partial charge in [-0.15, -0.1) is 0 Å². The molecule has 1 heterocycles. The molecule has 4 nitrogen and oxygen atoms in total. The third kappa shape index (κ3) is 3.37. The molecule has 1 aliphatic heterocycles. The van der Waals surface area contributed by atoms with E-state index in [1.165, 1.54) is 0 Å². The molecule has 1 unspecified atom stereocenters. The standard InChI is InChI=1S/C20H24ClN3O/c1-3-23(4-2)11-12-24-19(17-13-14(21)9-10-18(17)22)15-7-5-6-8-16(15)20(24)25/h5-10,13,19H,3-4,11-12,22H2,1-2H3. The van der Waals surface area contributed by atoms with Gasteiger partial charge < -0.3 is 15.5 Å². The predicted molar refractivity (Wildman–Crippen MR) is 103 cm³/mol. The van der Waals surface area contributed by atoms with Crippen LogP contribution in [0.5, 0.6) is 0 Å². The number of nitrogens with zero attached hydrogens (tertiary/aromatic N) is 2. The molecule has 0 saturated heterocycles. The second kappa shape index (κ2) is 7.46. The van der Waals surface area contributed by atoms with Gasteiger partial charge in [0.1, 0.15) is 0 Å². The van der Waals surface area contributed by atoms with E-state index < -0.39 is 0 Å². The van der Waals surface area contributed by atoms with E-state index in [1.807, 2.05) is 41.3 Å². The Hall–Kier alpha value is -2.04. The van der Waals surface area contributed by atoms with E-state index in [0.717, 1.165) is 36.3 Å². The Labute approximate surface area is 154 Å². The van der Waals surface area contributed by atoms with Crippen molar-refractivity contribution in [2.24, 2.45) is 0 Å². The van der Waals surface area contributed by atoms with E-state index >= 15 is 0 Å². The quantitative estimate of drug-likeness (QED) is 0.800. The van der Waals surface area contributed by atoms with Crippen molar-refractivity contribution in [2.75, 3.05) is 31.9 Å². The summed E-state index contributed by atoms with van der Waals surface area (Å²) in [6.07, 6.45) is 0. The van der Waals surface area contributed by atoms with Crippen LogP contribution < -0.4 is 5.73 Å². The van der Waals surface area contributed by atoms with Crippen molar-refractivity contribution < 1.29 is 4.79 Å². The van der Waals surface area contributed by atoms with Crippen LogP contribution in [0.15, 0.2) is 42.5 Å². The van der Waals surface area contributed by atoms with Crippen LogP contribution in [0.4, 0.5) is 5.69 Å². The first kappa shape index (κ1) is 17.8. The van der Waals surface area contributed by atoms with E-state index in [2.05, 4.69) is 18.7 Å². The van der Waals surface area contributed by atoms with Crippen LogP contribution in [-0.4, -0.2) is 41.9 Å². The van der Waals surface area contributed by atoms with Crippen LogP contribution in [0.1, 0.15) is 41.4 Å². The van der Waals surface area contributed by atoms with E-state index in [0.29, 0.717) is 17.3 Å². The number of carbonyl (C=O) groups excluding carboxylic acids is 1. The van der Waals surface area contributed by atoms with Gasteiger partial charge in [0.25, 0.3) is 5.91 Å². The van der Waals surface area contributed by atoms with Crippen molar-refractivity contribution >= 4 is 23.2 Å². The lowest BCUT2D eigenvalue weighted by Gasteiger charge is -2.29. The van der Waals surface area contributed by atoms with E-state index in [1.54, 1.807) is 6.07 Å². The summed E-state index contributed by atoms with van der Waals surface area (Å²) < 4.78 is 0. The van der Waals surface area contributed by atoms with Gasteiger partial charge in [-0.3, -0.25) is 4.79 Å². The first-order chi connectivity index (χ1) is 12.1. The lowest BCUT2D eigenvalue weighted by atomic mass is 9.96. The Morgan fingerprint density at radius 1 is 1.12 bits per heavy atom. The second-order valence-corrected chi connectivity index (χ2v) is 6.72. The van der Waals surface area contributed by atoms with Crippen LogP contribution in [0.2, 0.25) is 5.02 Å². The highest BCUT2D eigenvalue weighted by molar-refractivity contribution is 6.30. The van der Waals surface area contributed by atoms with Crippen molar-refractivity contribution in [3.8, 4) is 0 Å². The number of hydrogen-bond donors (Lipinski definition) is 1. The van der Waals surface area contributed by atoms with Crippen LogP contribution >= 0.6 is 11.6 Å². The molecular formula is C20H24ClN3O. The summed E-state index contributed by atoms with van der Waals surface area (Å²) in [4.78, 5) is 17.2. The average molecular weight is 358 g/mol. The second-order valence-electron chi connectivity index (χ2n) is 6.29. The molecule has 1 aliphatic rings. The van der Waals surface area contributed by atoms with Gasteiger partial charge in [-0.1, -0.05) is 43.6 Å². The molecule has 132 valence electrons. The van der Waals surface area contributed by atoms with Gasteiger partial charge >= 0.3 is 0 Å². The molecule has 2 N–H and O–H groups in total. The number of amides is 1. The monoisotopic (exact) mass is 357 g/mol. The van der Waals surface area contributed by atoms with Crippen molar-refractivity contribution in [1.82, 2.24) is 9.80 Å². The Bertz CT molecular complexity index is 773. The first-order valence-electron chi connectivity index (χ1n) is 8.74. The molecule has 0 aliphatic carbocycles. The number of nitrogen functional groups attached to an aromatic ring is 1. The van der Waals surface area contributed by atoms with Gasteiger partial charge in [-0.05, 0) is 42.9 Å². The number of anilines is 1. The van der Waals surface area contributed by atoms with E-state index in [9.17, 15) is 4.79 Å². The van der Waals surface area contributed by atoms with Crippen LogP contribution in [0.25, 0.3) is 0 Å². The Morgan fingerprint density at radius 2 is 1.84 bits per heavy atom. The summed E-state index contributed by atoms with van der Waals surface area (Å²) in [6, 6.07) is 13.1. The van der Waals surface area contributed by atoms with Gasteiger partial charge in [0.15, 0.2) is 0 Å². The van der Waals surface area contributed by atoms with Crippen LogP contribution in [-0.2, 0) is 0 Å². The van der Waals surface area contributed by atoms with E-state index in [-0.39, 0.29) is 11.9 Å².